The van der Waals surface area contributed by atoms with Gasteiger partial charge in [0.2, 0.25) is 5.13 Å². The number of aryl methyl sites for hydroxylation is 2. The van der Waals surface area contributed by atoms with E-state index in [9.17, 15) is 0 Å². The Hall–Kier alpha value is -1.28. The highest BCUT2D eigenvalue weighted by atomic mass is 32.1. The third-order valence-corrected chi connectivity index (χ3v) is 6.01. The van der Waals surface area contributed by atoms with E-state index in [0.717, 1.165) is 53.5 Å². The first kappa shape index (κ1) is 19.5. The number of aromatic nitrogens is 2. The summed E-state index contributed by atoms with van der Waals surface area (Å²) in [6, 6.07) is 6.37. The van der Waals surface area contributed by atoms with Crippen LogP contribution < -0.4 is 5.32 Å². The van der Waals surface area contributed by atoms with Crippen LogP contribution in [0.4, 0.5) is 10.8 Å². The van der Waals surface area contributed by atoms with Gasteiger partial charge in [0, 0.05) is 38.4 Å². The van der Waals surface area contributed by atoms with Gasteiger partial charge in [-0.05, 0) is 55.2 Å². The molecule has 0 amide bonds. The molecule has 0 spiro atoms. The number of anilines is 2. The molecule has 0 unspecified atom stereocenters. The molecule has 0 bridgehead atoms. The van der Waals surface area contributed by atoms with Gasteiger partial charge in [-0.3, -0.25) is 4.90 Å². The van der Waals surface area contributed by atoms with Crippen LogP contribution in [0.3, 0.4) is 0 Å². The summed E-state index contributed by atoms with van der Waals surface area (Å²) in [4.78, 5) is 4.99. The van der Waals surface area contributed by atoms with E-state index in [1.165, 1.54) is 29.0 Å². The van der Waals surface area contributed by atoms with Crippen molar-refractivity contribution in [3.05, 3.63) is 33.3 Å². The lowest BCUT2D eigenvalue weighted by Crippen LogP contribution is -2.47. The smallest absolute Gasteiger partial charge is 0.209 e. The summed E-state index contributed by atoms with van der Waals surface area (Å²) in [6.07, 6.45) is 0. The molecule has 0 radical (unpaired) electrons. The third-order valence-electron chi connectivity index (χ3n) is 4.79. The monoisotopic (exact) mass is 391 g/mol. The van der Waals surface area contributed by atoms with Crippen molar-refractivity contribution in [2.45, 2.75) is 34.4 Å². The SMILES string of the molecule is Cc1ccc(Nc2nn(CN3CCN(CC(C)C)CC3)c(=S)s2)cc1C. The molecule has 142 valence electrons. The Morgan fingerprint density at radius 3 is 2.46 bits per heavy atom. The molecular weight excluding hydrogens is 362 g/mol. The van der Waals surface area contributed by atoms with Gasteiger partial charge in [-0.2, -0.15) is 0 Å². The summed E-state index contributed by atoms with van der Waals surface area (Å²) in [5.41, 5.74) is 3.63. The van der Waals surface area contributed by atoms with E-state index >= 15 is 0 Å². The van der Waals surface area contributed by atoms with Crippen molar-refractivity contribution in [2.75, 3.05) is 38.0 Å². The van der Waals surface area contributed by atoms with Crippen LogP contribution in [0.25, 0.3) is 0 Å². The molecule has 26 heavy (non-hydrogen) atoms. The molecule has 3 rings (SSSR count). The van der Waals surface area contributed by atoms with Crippen molar-refractivity contribution in [3.8, 4) is 0 Å². The van der Waals surface area contributed by atoms with Crippen LogP contribution in [-0.4, -0.2) is 52.3 Å². The van der Waals surface area contributed by atoms with Crippen molar-refractivity contribution >= 4 is 34.4 Å². The topological polar surface area (TPSA) is 36.3 Å². The summed E-state index contributed by atoms with van der Waals surface area (Å²) in [7, 11) is 0. The van der Waals surface area contributed by atoms with Crippen molar-refractivity contribution in [1.29, 1.82) is 0 Å². The first-order chi connectivity index (χ1) is 12.4. The van der Waals surface area contributed by atoms with Gasteiger partial charge < -0.3 is 10.2 Å². The number of nitrogens with zero attached hydrogens (tertiary/aromatic N) is 4. The second kappa shape index (κ2) is 8.61. The maximum absolute atomic E-state index is 5.53. The molecular formula is C19H29N5S2. The van der Waals surface area contributed by atoms with Crippen molar-refractivity contribution in [3.63, 3.8) is 0 Å². The molecule has 1 aliphatic heterocycles. The van der Waals surface area contributed by atoms with Gasteiger partial charge in [0.25, 0.3) is 0 Å². The molecule has 5 nitrogen and oxygen atoms in total. The Morgan fingerprint density at radius 1 is 1.12 bits per heavy atom. The van der Waals surface area contributed by atoms with E-state index in [1.807, 2.05) is 4.68 Å². The Labute approximate surface area is 165 Å². The third kappa shape index (κ3) is 5.13. The zero-order valence-corrected chi connectivity index (χ0v) is 17.8. The van der Waals surface area contributed by atoms with Crippen LogP contribution >= 0.6 is 23.6 Å². The minimum absolute atomic E-state index is 0.729. The number of piperazine rings is 1. The normalized spacial score (nSPS) is 16.3. The summed E-state index contributed by atoms with van der Waals surface area (Å²) in [6.45, 7) is 15.2. The van der Waals surface area contributed by atoms with E-state index in [4.69, 9.17) is 12.2 Å². The first-order valence-corrected chi connectivity index (χ1v) is 10.5. The van der Waals surface area contributed by atoms with Gasteiger partial charge in [0.05, 0.1) is 6.67 Å². The minimum atomic E-state index is 0.729. The average molecular weight is 392 g/mol. The van der Waals surface area contributed by atoms with Gasteiger partial charge in [0.15, 0.2) is 3.95 Å². The van der Waals surface area contributed by atoms with Gasteiger partial charge in [-0.15, -0.1) is 5.10 Å². The van der Waals surface area contributed by atoms with Gasteiger partial charge >= 0.3 is 0 Å². The fraction of sp³-hybridized carbons (Fsp3) is 0.579. The molecule has 1 aromatic heterocycles. The second-order valence-electron chi connectivity index (χ2n) is 7.55. The molecule has 1 saturated heterocycles. The molecule has 1 N–H and O–H groups in total. The molecule has 0 saturated carbocycles. The Morgan fingerprint density at radius 2 is 1.81 bits per heavy atom. The minimum Gasteiger partial charge on any atom is -0.330 e. The predicted octanol–water partition coefficient (Wildman–Crippen LogP) is 4.27. The second-order valence-corrected chi connectivity index (χ2v) is 9.17. The van der Waals surface area contributed by atoms with E-state index in [-0.39, 0.29) is 0 Å². The van der Waals surface area contributed by atoms with Crippen LogP contribution in [0.2, 0.25) is 0 Å². The fourth-order valence-corrected chi connectivity index (χ4v) is 4.22. The molecule has 0 aliphatic carbocycles. The Bertz CT molecular complexity index is 787. The Kier molecular flexibility index (Phi) is 6.45. The van der Waals surface area contributed by atoms with Crippen LogP contribution in [0.5, 0.6) is 0 Å². The number of nitrogens with one attached hydrogen (secondary N) is 1. The molecule has 7 heteroatoms. The lowest BCUT2D eigenvalue weighted by atomic mass is 10.1. The zero-order valence-electron chi connectivity index (χ0n) is 16.2. The van der Waals surface area contributed by atoms with Crippen LogP contribution in [0.1, 0.15) is 25.0 Å². The quantitative estimate of drug-likeness (QED) is 0.745. The van der Waals surface area contributed by atoms with Gasteiger partial charge in [0.1, 0.15) is 0 Å². The highest BCUT2D eigenvalue weighted by molar-refractivity contribution is 7.73. The molecule has 1 aliphatic rings. The maximum Gasteiger partial charge on any atom is 0.209 e. The van der Waals surface area contributed by atoms with Crippen molar-refractivity contribution < 1.29 is 0 Å². The lowest BCUT2D eigenvalue weighted by molar-refractivity contribution is 0.0955. The fourth-order valence-electron chi connectivity index (χ4n) is 3.21. The van der Waals surface area contributed by atoms with Gasteiger partial charge in [-0.25, -0.2) is 4.68 Å². The molecule has 2 heterocycles. The molecule has 1 fully saturated rings. The zero-order chi connectivity index (χ0) is 18.7. The predicted molar refractivity (Wildman–Crippen MR) is 113 cm³/mol. The van der Waals surface area contributed by atoms with E-state index in [0.29, 0.717) is 0 Å². The highest BCUT2D eigenvalue weighted by Gasteiger charge is 2.18. The van der Waals surface area contributed by atoms with Crippen molar-refractivity contribution in [2.24, 2.45) is 5.92 Å². The van der Waals surface area contributed by atoms with Crippen LogP contribution in [-0.2, 0) is 6.67 Å². The van der Waals surface area contributed by atoms with Gasteiger partial charge in [-0.1, -0.05) is 31.3 Å². The summed E-state index contributed by atoms with van der Waals surface area (Å²) < 4.78 is 2.77. The number of hydrogen-bond donors (Lipinski definition) is 1. The molecule has 2 aromatic rings. The maximum atomic E-state index is 5.53. The highest BCUT2D eigenvalue weighted by Crippen LogP contribution is 2.22. The van der Waals surface area contributed by atoms with Crippen molar-refractivity contribution in [1.82, 2.24) is 19.6 Å². The molecule has 1 aromatic carbocycles. The van der Waals surface area contributed by atoms with Crippen LogP contribution in [0, 0.1) is 23.7 Å². The number of benzene rings is 1. The average Bonchev–Trinajstić information content (AvgIpc) is 2.92. The largest absolute Gasteiger partial charge is 0.330 e. The Balaban J connectivity index is 1.58. The summed E-state index contributed by atoms with van der Waals surface area (Å²) >= 11 is 7.06. The van der Waals surface area contributed by atoms with Crippen LogP contribution in [0.15, 0.2) is 18.2 Å². The lowest BCUT2D eigenvalue weighted by Gasteiger charge is -2.35. The summed E-state index contributed by atoms with van der Waals surface area (Å²) in [5, 5.41) is 8.93. The summed E-state index contributed by atoms with van der Waals surface area (Å²) in [5.74, 6) is 0.729. The van der Waals surface area contributed by atoms with E-state index in [2.05, 4.69) is 66.1 Å². The first-order valence-electron chi connectivity index (χ1n) is 9.27. The number of hydrogen-bond acceptors (Lipinski definition) is 6. The van der Waals surface area contributed by atoms with E-state index < -0.39 is 0 Å². The molecule has 0 atom stereocenters. The standard InChI is InChI=1S/C19H29N5S2/c1-14(2)12-22-7-9-23(10-8-22)13-24-19(25)26-18(21-24)20-17-6-5-15(3)16(4)11-17/h5-6,11,14H,7-10,12-13H2,1-4H3,(H,20,21). The number of rotatable bonds is 6. The van der Waals surface area contributed by atoms with E-state index in [1.54, 1.807) is 0 Å².